The maximum Gasteiger partial charge on any atom is 0.356 e. The Morgan fingerprint density at radius 2 is 1.83 bits per heavy atom. The van der Waals surface area contributed by atoms with Gasteiger partial charge in [0.25, 0.3) is 0 Å². The Kier molecular flexibility index (Phi) is 6.19. The molecule has 0 spiro atoms. The number of ether oxygens (including phenoxy) is 1. The summed E-state index contributed by atoms with van der Waals surface area (Å²) in [7, 11) is 0. The van der Waals surface area contributed by atoms with Crippen LogP contribution >= 0.6 is 0 Å². The van der Waals surface area contributed by atoms with E-state index >= 15 is 0 Å². The molecule has 0 atom stereocenters. The molecule has 0 aliphatic rings. The monoisotopic (exact) mass is 395 g/mol. The lowest BCUT2D eigenvalue weighted by molar-refractivity contribution is 0.0519. The summed E-state index contributed by atoms with van der Waals surface area (Å²) in [6.45, 7) is 1.87. The van der Waals surface area contributed by atoms with Crippen molar-refractivity contribution >= 4 is 17.5 Å². The number of nitrogens with zero attached hydrogens (tertiary/aromatic N) is 1. The minimum atomic E-state index is -0.620. The molecule has 1 aromatic carbocycles. The van der Waals surface area contributed by atoms with E-state index in [4.69, 9.17) is 9.15 Å². The molecule has 2 heterocycles. The predicted octanol–water partition coefficient (Wildman–Crippen LogP) is 4.36. The van der Waals surface area contributed by atoms with E-state index in [1.807, 2.05) is 0 Å². The summed E-state index contributed by atoms with van der Waals surface area (Å²) < 4.78 is 23.4. The molecule has 1 N–H and O–H groups in total. The van der Waals surface area contributed by atoms with Gasteiger partial charge >= 0.3 is 5.97 Å². The lowest BCUT2D eigenvalue weighted by Crippen LogP contribution is -2.08. The van der Waals surface area contributed by atoms with E-state index in [-0.39, 0.29) is 29.6 Å². The summed E-state index contributed by atoms with van der Waals surface area (Å²) in [6, 6.07) is 13.5. The van der Waals surface area contributed by atoms with E-state index in [0.29, 0.717) is 12.2 Å². The first kappa shape index (κ1) is 20.0. The van der Waals surface area contributed by atoms with Gasteiger partial charge in [-0.3, -0.25) is 4.79 Å². The smallest absolute Gasteiger partial charge is 0.356 e. The molecule has 0 aliphatic heterocycles. The molecule has 148 valence electrons. The van der Waals surface area contributed by atoms with Gasteiger partial charge in [0.05, 0.1) is 6.61 Å². The molecule has 29 heavy (non-hydrogen) atoms. The number of esters is 1. The van der Waals surface area contributed by atoms with E-state index < -0.39 is 17.5 Å². The predicted molar refractivity (Wildman–Crippen MR) is 103 cm³/mol. The summed E-state index contributed by atoms with van der Waals surface area (Å²) in [5, 5.41) is 10.2. The number of carbonyl (C=O) groups excluding carboxylic acids is 2. The van der Waals surface area contributed by atoms with Gasteiger partial charge in [0.15, 0.2) is 5.76 Å². The number of pyridine rings is 1. The van der Waals surface area contributed by atoms with Crippen molar-refractivity contribution in [1.29, 1.82) is 0 Å². The van der Waals surface area contributed by atoms with Crippen LogP contribution in [0.3, 0.4) is 0 Å². The van der Waals surface area contributed by atoms with Gasteiger partial charge in [-0.1, -0.05) is 18.2 Å². The highest BCUT2D eigenvalue weighted by Gasteiger charge is 2.14. The highest BCUT2D eigenvalue weighted by Crippen LogP contribution is 2.17. The van der Waals surface area contributed by atoms with Gasteiger partial charge in [-0.2, -0.15) is 0 Å². The van der Waals surface area contributed by atoms with Crippen molar-refractivity contribution < 1.29 is 28.2 Å². The number of aliphatic hydroxyl groups is 1. The lowest BCUT2D eigenvalue weighted by Gasteiger charge is -2.03. The Hall–Kier alpha value is -3.74. The summed E-state index contributed by atoms with van der Waals surface area (Å²) in [5.41, 5.74) is 0.913. The van der Waals surface area contributed by atoms with Crippen molar-refractivity contribution in [2.75, 3.05) is 6.61 Å². The molecular weight excluding hydrogens is 377 g/mol. The average Bonchev–Trinajstić information content (AvgIpc) is 3.18. The van der Waals surface area contributed by atoms with E-state index in [2.05, 4.69) is 4.98 Å². The third-order valence-corrected chi connectivity index (χ3v) is 3.96. The zero-order valence-corrected chi connectivity index (χ0v) is 15.6. The standard InChI is InChI=1S/C22H18FNO5/c1-2-28-22(27)18-5-3-4-17(24-18)19(25)13-20(26)21-11-10-16(29-21)12-14-6-8-15(23)9-7-14/h3-11,13,25H,2,12H2,1H3. The number of aromatic nitrogens is 1. The summed E-state index contributed by atoms with van der Waals surface area (Å²) >= 11 is 0. The molecule has 0 aliphatic carbocycles. The molecule has 0 bridgehead atoms. The van der Waals surface area contributed by atoms with Crippen LogP contribution in [0, 0.1) is 5.82 Å². The van der Waals surface area contributed by atoms with Crippen molar-refractivity contribution in [3.05, 3.63) is 95.0 Å². The fourth-order valence-corrected chi connectivity index (χ4v) is 2.57. The van der Waals surface area contributed by atoms with Gasteiger partial charge in [0.2, 0.25) is 5.78 Å². The first-order chi connectivity index (χ1) is 14.0. The zero-order chi connectivity index (χ0) is 20.8. The Morgan fingerprint density at radius 1 is 1.10 bits per heavy atom. The van der Waals surface area contributed by atoms with E-state index in [1.54, 1.807) is 25.1 Å². The summed E-state index contributed by atoms with van der Waals surface area (Å²) in [4.78, 5) is 28.1. The first-order valence-corrected chi connectivity index (χ1v) is 8.89. The fourth-order valence-electron chi connectivity index (χ4n) is 2.57. The van der Waals surface area contributed by atoms with Crippen LogP contribution in [0.4, 0.5) is 4.39 Å². The van der Waals surface area contributed by atoms with Crippen LogP contribution in [0.2, 0.25) is 0 Å². The van der Waals surface area contributed by atoms with Crippen molar-refractivity contribution in [3.63, 3.8) is 0 Å². The van der Waals surface area contributed by atoms with Crippen LogP contribution in [0.5, 0.6) is 0 Å². The molecule has 0 fully saturated rings. The van der Waals surface area contributed by atoms with Crippen LogP contribution in [0.1, 0.15) is 45.0 Å². The molecule has 3 aromatic rings. The van der Waals surface area contributed by atoms with E-state index in [9.17, 15) is 19.1 Å². The number of hydrogen-bond acceptors (Lipinski definition) is 6. The quantitative estimate of drug-likeness (QED) is 0.277. The van der Waals surface area contributed by atoms with Crippen molar-refractivity contribution in [2.24, 2.45) is 0 Å². The second-order valence-corrected chi connectivity index (χ2v) is 6.09. The maximum absolute atomic E-state index is 13.0. The Balaban J connectivity index is 1.73. The van der Waals surface area contributed by atoms with Gasteiger partial charge in [-0.25, -0.2) is 14.2 Å². The molecule has 0 unspecified atom stereocenters. The number of allylic oxidation sites excluding steroid dienone is 1. The Labute approximate surface area is 166 Å². The van der Waals surface area contributed by atoms with Crippen LogP contribution in [0.15, 0.2) is 65.1 Å². The molecule has 0 saturated carbocycles. The SMILES string of the molecule is CCOC(=O)c1cccc(C(O)=CC(=O)c2ccc(Cc3ccc(F)cc3)o2)n1. The number of aliphatic hydroxyl groups excluding tert-OH is 1. The molecule has 7 heteroatoms. The minimum Gasteiger partial charge on any atom is -0.506 e. The van der Waals surface area contributed by atoms with Crippen molar-refractivity contribution in [3.8, 4) is 0 Å². The van der Waals surface area contributed by atoms with Crippen LogP contribution < -0.4 is 0 Å². The molecule has 6 nitrogen and oxygen atoms in total. The average molecular weight is 395 g/mol. The molecular formula is C22H18FNO5. The molecule has 0 radical (unpaired) electrons. The highest BCUT2D eigenvalue weighted by molar-refractivity contribution is 6.05. The molecule has 0 saturated heterocycles. The fraction of sp³-hybridized carbons (Fsp3) is 0.136. The summed E-state index contributed by atoms with van der Waals surface area (Å²) in [5.74, 6) is -1.35. The second-order valence-electron chi connectivity index (χ2n) is 6.09. The van der Waals surface area contributed by atoms with Crippen LogP contribution in [0.25, 0.3) is 5.76 Å². The number of hydrogen-bond donors (Lipinski definition) is 1. The van der Waals surface area contributed by atoms with Gasteiger partial charge in [-0.15, -0.1) is 0 Å². The number of rotatable bonds is 7. The van der Waals surface area contributed by atoms with Gasteiger partial charge in [0.1, 0.15) is 28.7 Å². The number of benzene rings is 1. The minimum absolute atomic E-state index is 0.0244. The number of carbonyl (C=O) groups is 2. The Morgan fingerprint density at radius 3 is 2.55 bits per heavy atom. The van der Waals surface area contributed by atoms with Gasteiger partial charge < -0.3 is 14.3 Å². The lowest BCUT2D eigenvalue weighted by atomic mass is 10.1. The molecule has 0 amide bonds. The van der Waals surface area contributed by atoms with E-state index in [1.165, 1.54) is 36.4 Å². The van der Waals surface area contributed by atoms with Crippen LogP contribution in [-0.4, -0.2) is 28.4 Å². The summed E-state index contributed by atoms with van der Waals surface area (Å²) in [6.07, 6.45) is 1.37. The number of furan rings is 1. The third-order valence-electron chi connectivity index (χ3n) is 3.96. The van der Waals surface area contributed by atoms with Crippen LogP contribution in [-0.2, 0) is 11.2 Å². The van der Waals surface area contributed by atoms with E-state index in [0.717, 1.165) is 11.6 Å². The molecule has 3 rings (SSSR count). The number of halogens is 1. The van der Waals surface area contributed by atoms with Crippen molar-refractivity contribution in [2.45, 2.75) is 13.3 Å². The first-order valence-electron chi connectivity index (χ1n) is 8.89. The largest absolute Gasteiger partial charge is 0.506 e. The maximum atomic E-state index is 13.0. The Bertz CT molecular complexity index is 1050. The topological polar surface area (TPSA) is 89.6 Å². The number of ketones is 1. The zero-order valence-electron chi connectivity index (χ0n) is 15.6. The third kappa shape index (κ3) is 5.16. The second kappa shape index (κ2) is 8.97. The van der Waals surface area contributed by atoms with Crippen molar-refractivity contribution in [1.82, 2.24) is 4.98 Å². The normalized spacial score (nSPS) is 11.3. The van der Waals surface area contributed by atoms with Gasteiger partial charge in [-0.05, 0) is 48.9 Å². The highest BCUT2D eigenvalue weighted by atomic mass is 19.1. The molecule has 2 aromatic heterocycles. The van der Waals surface area contributed by atoms with Gasteiger partial charge in [0, 0.05) is 12.5 Å².